The van der Waals surface area contributed by atoms with E-state index in [2.05, 4.69) is 13.0 Å². The lowest BCUT2D eigenvalue weighted by molar-refractivity contribution is 0.626. The Labute approximate surface area is 96.0 Å². The lowest BCUT2D eigenvalue weighted by Crippen LogP contribution is -2.22. The van der Waals surface area contributed by atoms with Crippen LogP contribution < -0.4 is 5.73 Å². The summed E-state index contributed by atoms with van der Waals surface area (Å²) in [6.07, 6.45) is 2.15. The van der Waals surface area contributed by atoms with Gasteiger partial charge in [-0.3, -0.25) is 0 Å². The first-order valence-electron chi connectivity index (χ1n) is 4.70. The van der Waals surface area contributed by atoms with Crippen LogP contribution in [0.5, 0.6) is 0 Å². The second-order valence-electron chi connectivity index (χ2n) is 3.90. The van der Waals surface area contributed by atoms with Crippen molar-refractivity contribution in [2.75, 3.05) is 0 Å². The largest absolute Gasteiger partial charge is 0.325 e. The van der Waals surface area contributed by atoms with Gasteiger partial charge in [-0.05, 0) is 30.5 Å². The van der Waals surface area contributed by atoms with Crippen molar-refractivity contribution < 1.29 is 0 Å². The van der Waals surface area contributed by atoms with Crippen molar-refractivity contribution in [2.24, 2.45) is 5.73 Å². The van der Waals surface area contributed by atoms with Crippen molar-refractivity contribution in [2.45, 2.75) is 31.2 Å². The molecule has 0 spiro atoms. The van der Waals surface area contributed by atoms with Crippen molar-refractivity contribution in [3.05, 3.63) is 34.9 Å². The van der Waals surface area contributed by atoms with E-state index in [1.54, 1.807) is 0 Å². The molecule has 78 valence electrons. The van der Waals surface area contributed by atoms with Crippen molar-refractivity contribution in [1.82, 2.24) is 0 Å². The van der Waals surface area contributed by atoms with Crippen LogP contribution in [0, 0.1) is 0 Å². The van der Waals surface area contributed by atoms with Crippen molar-refractivity contribution in [3.8, 4) is 0 Å². The third-order valence-electron chi connectivity index (χ3n) is 3.03. The van der Waals surface area contributed by atoms with Crippen LogP contribution in [0.4, 0.5) is 0 Å². The summed E-state index contributed by atoms with van der Waals surface area (Å²) in [6.45, 7) is 2.14. The molecule has 0 saturated heterocycles. The van der Waals surface area contributed by atoms with Crippen LogP contribution in [0.2, 0.25) is 5.02 Å². The molecule has 0 radical (unpaired) electrons. The fraction of sp³-hybridized carbons (Fsp3) is 0.455. The monoisotopic (exact) mass is 231 g/mol. The van der Waals surface area contributed by atoms with Gasteiger partial charge in [-0.2, -0.15) is 0 Å². The van der Waals surface area contributed by atoms with E-state index in [-0.39, 0.29) is 17.9 Å². The lowest BCUT2D eigenvalue weighted by Gasteiger charge is -2.07. The van der Waals surface area contributed by atoms with Gasteiger partial charge in [0.2, 0.25) is 0 Å². The van der Waals surface area contributed by atoms with E-state index in [4.69, 9.17) is 17.3 Å². The molecule has 0 aliphatic heterocycles. The topological polar surface area (TPSA) is 26.0 Å². The Balaban J connectivity index is 0.000000980. The maximum atomic E-state index is 6.13. The molecule has 1 aliphatic carbocycles. The highest BCUT2D eigenvalue weighted by Gasteiger charge is 2.49. The second kappa shape index (κ2) is 4.09. The van der Waals surface area contributed by atoms with E-state index >= 15 is 0 Å². The maximum absolute atomic E-state index is 6.13. The minimum absolute atomic E-state index is 0. The quantitative estimate of drug-likeness (QED) is 0.831. The van der Waals surface area contributed by atoms with E-state index in [1.165, 1.54) is 5.56 Å². The molecule has 2 rings (SSSR count). The van der Waals surface area contributed by atoms with E-state index < -0.39 is 0 Å². The van der Waals surface area contributed by atoms with Gasteiger partial charge in [0.05, 0.1) is 0 Å². The summed E-state index contributed by atoms with van der Waals surface area (Å²) in [7, 11) is 0. The molecule has 2 atom stereocenters. The molecule has 1 aliphatic rings. The molecule has 0 heterocycles. The Bertz CT molecular complexity index is 327. The minimum Gasteiger partial charge on any atom is -0.325 e. The molecular formula is C11H15Cl2N. The number of hydrogen-bond acceptors (Lipinski definition) is 1. The maximum Gasteiger partial charge on any atom is 0.0408 e. The zero-order valence-electron chi connectivity index (χ0n) is 8.16. The average Bonchev–Trinajstić information content (AvgIpc) is 2.79. The van der Waals surface area contributed by atoms with Crippen LogP contribution in [-0.2, 0) is 0 Å². The van der Waals surface area contributed by atoms with E-state index in [0.717, 1.165) is 17.9 Å². The van der Waals surface area contributed by atoms with E-state index in [0.29, 0.717) is 5.92 Å². The molecule has 1 nitrogen and oxygen atoms in total. The molecule has 0 bridgehead atoms. The van der Waals surface area contributed by atoms with Crippen LogP contribution in [0.25, 0.3) is 0 Å². The predicted octanol–water partition coefficient (Wildman–Crippen LogP) is 3.36. The van der Waals surface area contributed by atoms with Gasteiger partial charge < -0.3 is 5.73 Å². The number of halogens is 2. The number of hydrogen-bond donors (Lipinski definition) is 1. The second-order valence-corrected chi connectivity index (χ2v) is 4.33. The molecule has 0 amide bonds. The highest BCUT2D eigenvalue weighted by molar-refractivity contribution is 6.30. The van der Waals surface area contributed by atoms with Gasteiger partial charge in [0, 0.05) is 16.5 Å². The summed E-state index contributed by atoms with van der Waals surface area (Å²) in [6, 6.07) is 8.03. The molecule has 1 saturated carbocycles. The van der Waals surface area contributed by atoms with Crippen LogP contribution in [-0.4, -0.2) is 5.54 Å². The summed E-state index contributed by atoms with van der Waals surface area (Å²) < 4.78 is 0. The minimum atomic E-state index is 0. The van der Waals surface area contributed by atoms with Crippen LogP contribution in [0.15, 0.2) is 24.3 Å². The number of nitrogens with two attached hydrogens (primary N) is 1. The lowest BCUT2D eigenvalue weighted by atomic mass is 10.1. The van der Waals surface area contributed by atoms with Gasteiger partial charge in [-0.1, -0.05) is 30.7 Å². The molecule has 0 aromatic heterocycles. The van der Waals surface area contributed by atoms with Crippen LogP contribution in [0.3, 0.4) is 0 Å². The van der Waals surface area contributed by atoms with Crippen LogP contribution >= 0.6 is 24.0 Å². The third kappa shape index (κ3) is 2.05. The fourth-order valence-electron chi connectivity index (χ4n) is 1.88. The smallest absolute Gasteiger partial charge is 0.0408 e. The molecule has 1 aromatic rings. The van der Waals surface area contributed by atoms with Gasteiger partial charge in [0.25, 0.3) is 0 Å². The summed E-state index contributed by atoms with van der Waals surface area (Å²) >= 11 is 5.91. The SMILES string of the molecule is CC[C@]1(N)C[C@@H]1c1cccc(Cl)c1.Cl. The van der Waals surface area contributed by atoms with Gasteiger partial charge >= 0.3 is 0 Å². The summed E-state index contributed by atoms with van der Waals surface area (Å²) in [4.78, 5) is 0. The van der Waals surface area contributed by atoms with E-state index in [1.807, 2.05) is 18.2 Å². The molecule has 1 fully saturated rings. The fourth-order valence-corrected chi connectivity index (χ4v) is 2.08. The first-order valence-corrected chi connectivity index (χ1v) is 5.08. The Morgan fingerprint density at radius 3 is 2.79 bits per heavy atom. The molecule has 1 aromatic carbocycles. The predicted molar refractivity (Wildman–Crippen MR) is 63.3 cm³/mol. The molecule has 3 heteroatoms. The van der Waals surface area contributed by atoms with Crippen LogP contribution in [0.1, 0.15) is 31.2 Å². The molecule has 2 N–H and O–H groups in total. The van der Waals surface area contributed by atoms with Gasteiger partial charge in [-0.15, -0.1) is 12.4 Å². The van der Waals surface area contributed by atoms with Crippen molar-refractivity contribution in [3.63, 3.8) is 0 Å². The van der Waals surface area contributed by atoms with Gasteiger partial charge in [0.15, 0.2) is 0 Å². The van der Waals surface area contributed by atoms with Gasteiger partial charge in [-0.25, -0.2) is 0 Å². The highest BCUT2D eigenvalue weighted by atomic mass is 35.5. The Morgan fingerprint density at radius 2 is 2.29 bits per heavy atom. The Morgan fingerprint density at radius 1 is 1.57 bits per heavy atom. The Kier molecular flexibility index (Phi) is 3.46. The first kappa shape index (κ1) is 11.8. The number of benzene rings is 1. The summed E-state index contributed by atoms with van der Waals surface area (Å²) in [5, 5.41) is 0.808. The van der Waals surface area contributed by atoms with Crippen molar-refractivity contribution in [1.29, 1.82) is 0 Å². The van der Waals surface area contributed by atoms with Gasteiger partial charge in [0.1, 0.15) is 0 Å². The zero-order valence-corrected chi connectivity index (χ0v) is 9.74. The number of rotatable bonds is 2. The average molecular weight is 232 g/mol. The summed E-state index contributed by atoms with van der Waals surface area (Å²) in [5.41, 5.74) is 7.46. The standard InChI is InChI=1S/C11H14ClN.ClH/c1-2-11(13)7-10(11)8-4-3-5-9(12)6-8;/h3-6,10H,2,7,13H2,1H3;1H/t10-,11+;/m1./s1. The molecule has 14 heavy (non-hydrogen) atoms. The normalized spacial score (nSPS) is 29.5. The Hall–Kier alpha value is -0.240. The highest BCUT2D eigenvalue weighted by Crippen LogP contribution is 2.51. The summed E-state index contributed by atoms with van der Waals surface area (Å²) in [5.74, 6) is 0.524. The zero-order chi connectivity index (χ0) is 9.47. The van der Waals surface area contributed by atoms with E-state index in [9.17, 15) is 0 Å². The van der Waals surface area contributed by atoms with Crippen molar-refractivity contribution >= 4 is 24.0 Å². The molecular weight excluding hydrogens is 217 g/mol. The molecule has 0 unspecified atom stereocenters. The first-order chi connectivity index (χ1) is 6.15. The third-order valence-corrected chi connectivity index (χ3v) is 3.26.